The van der Waals surface area contributed by atoms with Gasteiger partial charge in [-0.2, -0.15) is 0 Å². The summed E-state index contributed by atoms with van der Waals surface area (Å²) in [5.74, 6) is -0.337. The fraction of sp³-hybridized carbons (Fsp3) is 0.500. The second-order valence-corrected chi connectivity index (χ2v) is 5.00. The maximum atomic E-state index is 12.8. The highest BCUT2D eigenvalue weighted by Crippen LogP contribution is 2.42. The first-order valence-electron chi connectivity index (χ1n) is 5.41. The molecule has 0 aliphatic heterocycles. The van der Waals surface area contributed by atoms with E-state index < -0.39 is 0 Å². The van der Waals surface area contributed by atoms with Gasteiger partial charge in [0.1, 0.15) is 5.82 Å². The zero-order valence-corrected chi connectivity index (χ0v) is 9.50. The Hall–Kier alpha value is -1.29. The van der Waals surface area contributed by atoms with Crippen LogP contribution in [0.5, 0.6) is 0 Å². The van der Waals surface area contributed by atoms with Crippen molar-refractivity contribution >= 4 is 11.4 Å². The molecular formula is C12H17FN2O. The Kier molecular flexibility index (Phi) is 2.54. The topological polar surface area (TPSA) is 58.3 Å². The summed E-state index contributed by atoms with van der Waals surface area (Å²) >= 11 is 0. The Morgan fingerprint density at radius 2 is 2.19 bits per heavy atom. The third kappa shape index (κ3) is 1.73. The van der Waals surface area contributed by atoms with E-state index in [1.165, 1.54) is 12.1 Å². The van der Waals surface area contributed by atoms with Crippen LogP contribution in [-0.4, -0.2) is 17.3 Å². The number of hydrogen-bond donors (Lipinski definition) is 3. The van der Waals surface area contributed by atoms with Gasteiger partial charge in [-0.15, -0.1) is 0 Å². The lowest BCUT2D eigenvalue weighted by Crippen LogP contribution is -2.56. The Bertz CT molecular complexity index is 406. The number of halogens is 1. The summed E-state index contributed by atoms with van der Waals surface area (Å²) in [4.78, 5) is 0. The molecule has 4 N–H and O–H groups in total. The average molecular weight is 224 g/mol. The van der Waals surface area contributed by atoms with E-state index in [1.807, 2.05) is 13.8 Å². The molecule has 0 aromatic heterocycles. The molecule has 0 amide bonds. The van der Waals surface area contributed by atoms with E-state index in [-0.39, 0.29) is 23.4 Å². The molecule has 2 atom stereocenters. The molecule has 1 saturated carbocycles. The molecule has 0 heterocycles. The van der Waals surface area contributed by atoms with Crippen molar-refractivity contribution in [1.29, 1.82) is 0 Å². The van der Waals surface area contributed by atoms with Gasteiger partial charge in [-0.25, -0.2) is 4.39 Å². The van der Waals surface area contributed by atoms with Crippen molar-refractivity contribution in [1.82, 2.24) is 0 Å². The number of anilines is 2. The molecule has 3 nitrogen and oxygen atoms in total. The molecule has 1 aromatic rings. The largest absolute Gasteiger partial charge is 0.397 e. The molecule has 1 aliphatic carbocycles. The van der Waals surface area contributed by atoms with Crippen molar-refractivity contribution in [3.05, 3.63) is 24.0 Å². The Balaban J connectivity index is 2.11. The van der Waals surface area contributed by atoms with Crippen LogP contribution in [0, 0.1) is 11.2 Å². The van der Waals surface area contributed by atoms with Crippen molar-refractivity contribution in [2.45, 2.75) is 32.4 Å². The highest BCUT2D eigenvalue weighted by atomic mass is 19.1. The van der Waals surface area contributed by atoms with Gasteiger partial charge in [-0.05, 0) is 24.6 Å². The van der Waals surface area contributed by atoms with Gasteiger partial charge in [-0.3, -0.25) is 0 Å². The van der Waals surface area contributed by atoms with Crippen molar-refractivity contribution in [2.24, 2.45) is 5.41 Å². The zero-order chi connectivity index (χ0) is 11.9. The van der Waals surface area contributed by atoms with E-state index in [9.17, 15) is 9.50 Å². The molecular weight excluding hydrogens is 207 g/mol. The quantitative estimate of drug-likeness (QED) is 0.673. The smallest absolute Gasteiger partial charge is 0.125 e. The molecule has 0 saturated heterocycles. The lowest BCUT2D eigenvalue weighted by molar-refractivity contribution is -0.0510. The molecule has 1 fully saturated rings. The van der Waals surface area contributed by atoms with Crippen LogP contribution in [-0.2, 0) is 0 Å². The average Bonchev–Trinajstić information content (AvgIpc) is 2.21. The zero-order valence-electron chi connectivity index (χ0n) is 9.50. The SMILES string of the molecule is CC1(C)C(O)CC1Nc1ccc(F)cc1N. The number of aliphatic hydroxyl groups is 1. The second-order valence-electron chi connectivity index (χ2n) is 5.00. The monoisotopic (exact) mass is 224 g/mol. The van der Waals surface area contributed by atoms with Crippen molar-refractivity contribution in [3.8, 4) is 0 Å². The van der Waals surface area contributed by atoms with Gasteiger partial charge in [0.05, 0.1) is 17.5 Å². The van der Waals surface area contributed by atoms with E-state index in [0.29, 0.717) is 12.1 Å². The molecule has 0 radical (unpaired) electrons. The molecule has 0 spiro atoms. The minimum atomic E-state index is -0.337. The number of aliphatic hydroxyl groups excluding tert-OH is 1. The second kappa shape index (κ2) is 3.63. The number of rotatable bonds is 2. The van der Waals surface area contributed by atoms with Crippen molar-refractivity contribution in [3.63, 3.8) is 0 Å². The van der Waals surface area contributed by atoms with Crippen molar-refractivity contribution < 1.29 is 9.50 Å². The first-order valence-corrected chi connectivity index (χ1v) is 5.41. The first-order chi connectivity index (χ1) is 7.41. The van der Waals surface area contributed by atoms with Crippen LogP contribution in [0.15, 0.2) is 18.2 Å². The van der Waals surface area contributed by atoms with Gasteiger partial charge in [0.15, 0.2) is 0 Å². The summed E-state index contributed by atoms with van der Waals surface area (Å²) in [6.45, 7) is 4.00. The highest BCUT2D eigenvalue weighted by Gasteiger charge is 2.47. The standard InChI is InChI=1S/C12H17FN2O/c1-12(2)10(6-11(12)16)15-9-4-3-7(13)5-8(9)14/h3-5,10-11,15-16H,6,14H2,1-2H3. The predicted molar refractivity (Wildman–Crippen MR) is 62.6 cm³/mol. The predicted octanol–water partition coefficient (Wildman–Crippen LogP) is 1.98. The number of hydrogen-bond acceptors (Lipinski definition) is 3. The molecule has 2 unspecified atom stereocenters. The summed E-state index contributed by atoms with van der Waals surface area (Å²) in [6.07, 6.45) is 0.413. The Labute approximate surface area is 94.5 Å². The molecule has 4 heteroatoms. The van der Waals surface area contributed by atoms with E-state index in [2.05, 4.69) is 5.32 Å². The highest BCUT2D eigenvalue weighted by molar-refractivity contribution is 5.66. The summed E-state index contributed by atoms with van der Waals surface area (Å²) in [5, 5.41) is 12.8. The van der Waals surface area contributed by atoms with Crippen LogP contribution >= 0.6 is 0 Å². The molecule has 0 bridgehead atoms. The summed E-state index contributed by atoms with van der Waals surface area (Å²) < 4.78 is 12.8. The molecule has 16 heavy (non-hydrogen) atoms. The maximum absolute atomic E-state index is 12.8. The fourth-order valence-electron chi connectivity index (χ4n) is 2.00. The van der Waals surface area contributed by atoms with Gasteiger partial charge in [0, 0.05) is 11.5 Å². The van der Waals surface area contributed by atoms with Gasteiger partial charge in [0.25, 0.3) is 0 Å². The first kappa shape index (κ1) is 11.2. The summed E-state index contributed by atoms with van der Waals surface area (Å²) in [5.41, 5.74) is 6.67. The van der Waals surface area contributed by atoms with Crippen LogP contribution in [0.4, 0.5) is 15.8 Å². The van der Waals surface area contributed by atoms with Gasteiger partial charge >= 0.3 is 0 Å². The third-order valence-corrected chi connectivity index (χ3v) is 3.56. The number of nitrogens with one attached hydrogen (secondary N) is 1. The van der Waals surface area contributed by atoms with E-state index in [4.69, 9.17) is 5.73 Å². The van der Waals surface area contributed by atoms with E-state index >= 15 is 0 Å². The maximum Gasteiger partial charge on any atom is 0.125 e. The Morgan fingerprint density at radius 3 is 2.69 bits per heavy atom. The van der Waals surface area contributed by atoms with E-state index in [1.54, 1.807) is 6.07 Å². The van der Waals surface area contributed by atoms with Crippen LogP contribution < -0.4 is 11.1 Å². The molecule has 2 rings (SSSR count). The lowest BCUT2D eigenvalue weighted by atomic mass is 9.64. The van der Waals surface area contributed by atoms with Crippen molar-refractivity contribution in [2.75, 3.05) is 11.1 Å². The molecule has 1 aliphatic rings. The minimum absolute atomic E-state index is 0.166. The minimum Gasteiger partial charge on any atom is -0.397 e. The molecule has 88 valence electrons. The fourth-order valence-corrected chi connectivity index (χ4v) is 2.00. The molecule has 1 aromatic carbocycles. The van der Waals surface area contributed by atoms with Gasteiger partial charge in [0.2, 0.25) is 0 Å². The third-order valence-electron chi connectivity index (χ3n) is 3.56. The van der Waals surface area contributed by atoms with Crippen LogP contribution in [0.25, 0.3) is 0 Å². The number of nitrogens with two attached hydrogens (primary N) is 1. The Morgan fingerprint density at radius 1 is 1.50 bits per heavy atom. The van der Waals surface area contributed by atoms with Crippen LogP contribution in [0.1, 0.15) is 20.3 Å². The lowest BCUT2D eigenvalue weighted by Gasteiger charge is -2.50. The van der Waals surface area contributed by atoms with Gasteiger partial charge < -0.3 is 16.2 Å². The number of nitrogen functional groups attached to an aromatic ring is 1. The normalized spacial score (nSPS) is 27.2. The van der Waals surface area contributed by atoms with Crippen LogP contribution in [0.3, 0.4) is 0 Å². The number of benzene rings is 1. The summed E-state index contributed by atoms with van der Waals surface area (Å²) in [7, 11) is 0. The van der Waals surface area contributed by atoms with E-state index in [0.717, 1.165) is 5.69 Å². The van der Waals surface area contributed by atoms with Gasteiger partial charge in [-0.1, -0.05) is 13.8 Å². The summed E-state index contributed by atoms with van der Waals surface area (Å²) in [6, 6.07) is 4.48. The van der Waals surface area contributed by atoms with Crippen LogP contribution in [0.2, 0.25) is 0 Å².